The fraction of sp³-hybridized carbons (Fsp3) is 0.294. The molecule has 0 amide bonds. The Hall–Kier alpha value is -3.03. The normalized spacial score (nSPS) is 15.7. The van der Waals surface area contributed by atoms with Crippen LogP contribution in [0.1, 0.15) is 35.4 Å². The Kier molecular flexibility index (Phi) is 3.60. The van der Waals surface area contributed by atoms with Crippen LogP contribution in [0.5, 0.6) is 0 Å². The lowest BCUT2D eigenvalue weighted by Crippen LogP contribution is -2.41. The molecule has 0 spiro atoms. The van der Waals surface area contributed by atoms with Crippen LogP contribution in [0.3, 0.4) is 0 Å². The zero-order chi connectivity index (χ0) is 17.4. The minimum atomic E-state index is -1.05. The van der Waals surface area contributed by atoms with Crippen LogP contribution in [0.15, 0.2) is 30.7 Å². The molecule has 1 aliphatic rings. The zero-order valence-corrected chi connectivity index (χ0v) is 13.3. The van der Waals surface area contributed by atoms with Gasteiger partial charge in [-0.3, -0.25) is 4.98 Å². The summed E-state index contributed by atoms with van der Waals surface area (Å²) in [4.78, 5) is 26.4. The van der Waals surface area contributed by atoms with Crippen molar-refractivity contribution in [2.24, 2.45) is 0 Å². The Balaban J connectivity index is 1.61. The lowest BCUT2D eigenvalue weighted by molar-refractivity contribution is 0.0691. The van der Waals surface area contributed by atoms with Gasteiger partial charge in [-0.25, -0.2) is 19.2 Å². The smallest absolute Gasteiger partial charge is 0.352 e. The monoisotopic (exact) mass is 341 g/mol. The number of nitrogens with zero attached hydrogens (tertiary/aromatic N) is 3. The summed E-state index contributed by atoms with van der Waals surface area (Å²) in [7, 11) is 0. The first-order valence-corrected chi connectivity index (χ1v) is 8.00. The number of carboxylic acid groups (broad SMARTS) is 1. The van der Waals surface area contributed by atoms with Gasteiger partial charge in [-0.2, -0.15) is 0 Å². The van der Waals surface area contributed by atoms with E-state index in [1.165, 1.54) is 24.7 Å². The Morgan fingerprint density at radius 3 is 2.80 bits per heavy atom. The number of nitrogens with one attached hydrogen (secondary N) is 2. The van der Waals surface area contributed by atoms with E-state index < -0.39 is 5.97 Å². The summed E-state index contributed by atoms with van der Waals surface area (Å²) < 4.78 is 13.1. The summed E-state index contributed by atoms with van der Waals surface area (Å²) in [5.41, 5.74) is 1.24. The molecule has 0 radical (unpaired) electrons. The number of aromatic nitrogens is 4. The minimum Gasteiger partial charge on any atom is -0.477 e. The summed E-state index contributed by atoms with van der Waals surface area (Å²) in [6.45, 7) is 0.589. The molecule has 4 rings (SSSR count). The molecule has 3 N–H and O–H groups in total. The first-order chi connectivity index (χ1) is 12.1. The number of fused-ring (bicyclic) bond motifs is 1. The molecule has 7 nitrogen and oxygen atoms in total. The number of anilines is 1. The van der Waals surface area contributed by atoms with Gasteiger partial charge in [0.25, 0.3) is 0 Å². The number of H-pyrrole nitrogens is 1. The third kappa shape index (κ3) is 2.69. The number of hydrogen-bond donors (Lipinski definition) is 3. The van der Waals surface area contributed by atoms with Crippen molar-refractivity contribution >= 4 is 22.8 Å². The van der Waals surface area contributed by atoms with Crippen molar-refractivity contribution in [2.75, 3.05) is 11.9 Å². The van der Waals surface area contributed by atoms with Gasteiger partial charge in [0.15, 0.2) is 0 Å². The van der Waals surface area contributed by atoms with Crippen LogP contribution in [-0.2, 0) is 5.41 Å². The van der Waals surface area contributed by atoms with Crippen molar-refractivity contribution in [3.63, 3.8) is 0 Å². The molecule has 0 saturated heterocycles. The maximum Gasteiger partial charge on any atom is 0.352 e. The lowest BCUT2D eigenvalue weighted by atomic mass is 9.66. The highest BCUT2D eigenvalue weighted by Gasteiger charge is 2.40. The fourth-order valence-corrected chi connectivity index (χ4v) is 3.27. The van der Waals surface area contributed by atoms with Gasteiger partial charge in [0, 0.05) is 17.7 Å². The van der Waals surface area contributed by atoms with E-state index in [2.05, 4.69) is 25.3 Å². The summed E-state index contributed by atoms with van der Waals surface area (Å²) >= 11 is 0. The van der Waals surface area contributed by atoms with Gasteiger partial charge < -0.3 is 15.4 Å². The lowest BCUT2D eigenvalue weighted by Gasteiger charge is -2.41. The molecular weight excluding hydrogens is 325 g/mol. The molecule has 25 heavy (non-hydrogen) atoms. The van der Waals surface area contributed by atoms with E-state index in [1.54, 1.807) is 6.07 Å². The van der Waals surface area contributed by atoms with Gasteiger partial charge in [-0.15, -0.1) is 0 Å². The van der Waals surface area contributed by atoms with Crippen molar-refractivity contribution in [3.8, 4) is 0 Å². The quantitative estimate of drug-likeness (QED) is 0.659. The van der Waals surface area contributed by atoms with Crippen LogP contribution in [0, 0.1) is 5.82 Å². The van der Waals surface area contributed by atoms with Crippen molar-refractivity contribution in [3.05, 3.63) is 47.9 Å². The second kappa shape index (κ2) is 5.80. The van der Waals surface area contributed by atoms with Gasteiger partial charge in [0.2, 0.25) is 0 Å². The molecule has 0 atom stereocenters. The molecule has 3 aromatic rings. The molecule has 0 unspecified atom stereocenters. The van der Waals surface area contributed by atoms with E-state index in [-0.39, 0.29) is 16.9 Å². The van der Waals surface area contributed by atoms with Crippen molar-refractivity contribution < 1.29 is 14.3 Å². The molecule has 8 heteroatoms. The number of carbonyl (C=O) groups is 1. The number of carboxylic acids is 1. The standard InChI is InChI=1S/C17H16FN5O2/c18-10-2-3-13(19-7-10)17(4-1-5-17)8-20-14-11-6-12(16(24)25)23-15(11)22-9-21-14/h2-3,6-7,9H,1,4-5,8H2,(H,24,25)(H2,20,21,22,23). The number of aromatic amines is 1. The maximum absolute atomic E-state index is 13.1. The van der Waals surface area contributed by atoms with Crippen molar-refractivity contribution in [2.45, 2.75) is 24.7 Å². The molecule has 1 fully saturated rings. The predicted molar refractivity (Wildman–Crippen MR) is 89.1 cm³/mol. The van der Waals surface area contributed by atoms with Crippen molar-refractivity contribution in [1.82, 2.24) is 19.9 Å². The molecule has 1 saturated carbocycles. The second-order valence-electron chi connectivity index (χ2n) is 6.32. The Labute approximate surface area is 142 Å². The van der Waals surface area contributed by atoms with Crippen LogP contribution in [0.2, 0.25) is 0 Å². The minimum absolute atomic E-state index is 0.0668. The Morgan fingerprint density at radius 1 is 1.32 bits per heavy atom. The number of hydrogen-bond acceptors (Lipinski definition) is 5. The molecule has 128 valence electrons. The molecule has 0 aromatic carbocycles. The van der Waals surface area contributed by atoms with Gasteiger partial charge in [-0.05, 0) is 31.0 Å². The van der Waals surface area contributed by atoms with Gasteiger partial charge in [0.05, 0.1) is 11.6 Å². The van der Waals surface area contributed by atoms with E-state index in [9.17, 15) is 9.18 Å². The highest BCUT2D eigenvalue weighted by atomic mass is 19.1. The van der Waals surface area contributed by atoms with Gasteiger partial charge in [0.1, 0.15) is 29.3 Å². The summed E-state index contributed by atoms with van der Waals surface area (Å²) in [6.07, 6.45) is 5.63. The van der Waals surface area contributed by atoms with Crippen LogP contribution in [0.4, 0.5) is 10.2 Å². The first-order valence-electron chi connectivity index (χ1n) is 8.00. The summed E-state index contributed by atoms with van der Waals surface area (Å²) in [5, 5.41) is 13.0. The van der Waals surface area contributed by atoms with Crippen molar-refractivity contribution in [1.29, 1.82) is 0 Å². The van der Waals surface area contributed by atoms with Crippen LogP contribution in [-0.4, -0.2) is 37.6 Å². The van der Waals surface area contributed by atoms with E-state index in [4.69, 9.17) is 5.11 Å². The number of aromatic carboxylic acids is 1. The van der Waals surface area contributed by atoms with Crippen LogP contribution >= 0.6 is 0 Å². The highest BCUT2D eigenvalue weighted by Crippen LogP contribution is 2.43. The molecule has 0 aliphatic heterocycles. The maximum atomic E-state index is 13.1. The number of pyridine rings is 1. The third-order valence-electron chi connectivity index (χ3n) is 4.83. The molecule has 0 bridgehead atoms. The zero-order valence-electron chi connectivity index (χ0n) is 13.3. The summed E-state index contributed by atoms with van der Waals surface area (Å²) in [6, 6.07) is 4.67. The molecule has 3 heterocycles. The van der Waals surface area contributed by atoms with Crippen LogP contribution in [0.25, 0.3) is 11.0 Å². The van der Waals surface area contributed by atoms with E-state index in [0.717, 1.165) is 25.0 Å². The average molecular weight is 341 g/mol. The fourth-order valence-electron chi connectivity index (χ4n) is 3.27. The van der Waals surface area contributed by atoms with E-state index >= 15 is 0 Å². The van der Waals surface area contributed by atoms with Gasteiger partial charge >= 0.3 is 5.97 Å². The third-order valence-corrected chi connectivity index (χ3v) is 4.83. The predicted octanol–water partition coefficient (Wildman–Crippen LogP) is 2.72. The van der Waals surface area contributed by atoms with E-state index in [0.29, 0.717) is 23.4 Å². The highest BCUT2D eigenvalue weighted by molar-refractivity contribution is 5.96. The second-order valence-corrected chi connectivity index (χ2v) is 6.32. The molecule has 3 aromatic heterocycles. The van der Waals surface area contributed by atoms with Gasteiger partial charge in [-0.1, -0.05) is 6.42 Å². The van der Waals surface area contributed by atoms with E-state index in [1.807, 2.05) is 0 Å². The Bertz CT molecular complexity index is 934. The average Bonchev–Trinajstić information content (AvgIpc) is 3.00. The van der Waals surface area contributed by atoms with Crippen LogP contribution < -0.4 is 5.32 Å². The SMILES string of the molecule is O=C(O)c1cc2c(NCC3(c4ccc(F)cn4)CCC3)ncnc2[nH]1. The largest absolute Gasteiger partial charge is 0.477 e. The summed E-state index contributed by atoms with van der Waals surface area (Å²) in [5.74, 6) is -0.825. The topological polar surface area (TPSA) is 104 Å². The molecular formula is C17H16FN5O2. The number of rotatable bonds is 5. The Morgan fingerprint density at radius 2 is 2.16 bits per heavy atom. The first kappa shape index (κ1) is 15.5. The number of halogens is 1. The molecule has 1 aliphatic carbocycles.